The molecule has 0 saturated carbocycles. The molecule has 0 radical (unpaired) electrons. The zero-order valence-corrected chi connectivity index (χ0v) is 11.5. The van der Waals surface area contributed by atoms with Crippen molar-refractivity contribution in [3.63, 3.8) is 0 Å². The minimum absolute atomic E-state index is 0.182. The average molecular weight is 312 g/mol. The summed E-state index contributed by atoms with van der Waals surface area (Å²) in [6.07, 6.45) is 5.11. The van der Waals surface area contributed by atoms with Gasteiger partial charge in [0, 0.05) is 12.2 Å². The van der Waals surface area contributed by atoms with Crippen LogP contribution < -0.4 is 10.9 Å². The maximum Gasteiger partial charge on any atom is 0.267 e. The van der Waals surface area contributed by atoms with Crippen molar-refractivity contribution in [3.05, 3.63) is 38.6 Å². The number of hydrogen-bond donors (Lipinski definition) is 3. The minimum Gasteiger partial charge on any atom is -0.369 e. The van der Waals surface area contributed by atoms with E-state index in [9.17, 15) is 4.79 Å². The summed E-state index contributed by atoms with van der Waals surface area (Å²) < 4.78 is 0.435. The Balaban J connectivity index is 1.84. The second-order valence-corrected chi connectivity index (χ2v) is 4.74. The van der Waals surface area contributed by atoms with Crippen LogP contribution in [0.2, 0.25) is 0 Å². The molecule has 0 unspecified atom stereocenters. The van der Waals surface area contributed by atoms with Crippen LogP contribution in [0.1, 0.15) is 17.7 Å². The first-order valence-corrected chi connectivity index (χ1v) is 6.43. The highest BCUT2D eigenvalue weighted by Gasteiger charge is 2.04. The number of aromatic amines is 2. The minimum atomic E-state index is -0.182. The fourth-order valence-electron chi connectivity index (χ4n) is 1.62. The monoisotopic (exact) mass is 311 g/mol. The van der Waals surface area contributed by atoms with Crippen LogP contribution in [-0.2, 0) is 6.42 Å². The number of aryl methyl sites for hydroxylation is 2. The lowest BCUT2D eigenvalue weighted by atomic mass is 10.1. The second kappa shape index (κ2) is 5.81. The molecule has 96 valence electrons. The third-order valence-electron chi connectivity index (χ3n) is 2.65. The maximum absolute atomic E-state index is 11.3. The van der Waals surface area contributed by atoms with Gasteiger partial charge in [0.05, 0.1) is 12.5 Å². The van der Waals surface area contributed by atoms with E-state index in [-0.39, 0.29) is 5.56 Å². The van der Waals surface area contributed by atoms with Gasteiger partial charge in [0.25, 0.3) is 5.56 Å². The Morgan fingerprint density at radius 2 is 2.33 bits per heavy atom. The molecule has 0 saturated heterocycles. The van der Waals surface area contributed by atoms with Gasteiger partial charge in [-0.1, -0.05) is 0 Å². The Morgan fingerprint density at radius 3 is 3.06 bits per heavy atom. The Morgan fingerprint density at radius 1 is 1.50 bits per heavy atom. The predicted octanol–water partition coefficient (Wildman–Crippen LogP) is 1.61. The quantitative estimate of drug-likeness (QED) is 0.732. The maximum atomic E-state index is 11.3. The van der Waals surface area contributed by atoms with E-state index in [1.807, 2.05) is 13.1 Å². The van der Waals surface area contributed by atoms with Crippen molar-refractivity contribution >= 4 is 21.7 Å². The second-order valence-electron chi connectivity index (χ2n) is 3.94. The fraction of sp³-hybridized carbons (Fsp3) is 0.364. The van der Waals surface area contributed by atoms with Gasteiger partial charge in [-0.3, -0.25) is 9.89 Å². The number of H-pyrrole nitrogens is 2. The van der Waals surface area contributed by atoms with Crippen molar-refractivity contribution in [2.24, 2.45) is 0 Å². The largest absolute Gasteiger partial charge is 0.369 e. The van der Waals surface area contributed by atoms with E-state index >= 15 is 0 Å². The van der Waals surface area contributed by atoms with E-state index in [1.165, 1.54) is 11.9 Å². The Hall–Kier alpha value is -1.63. The number of rotatable bonds is 5. The lowest BCUT2D eigenvalue weighted by Gasteiger charge is -2.06. The van der Waals surface area contributed by atoms with E-state index < -0.39 is 0 Å². The van der Waals surface area contributed by atoms with Crippen LogP contribution in [0.3, 0.4) is 0 Å². The van der Waals surface area contributed by atoms with Gasteiger partial charge < -0.3 is 10.3 Å². The standard InChI is InChI=1S/C11H14BrN5O/c1-7-8(5-16-17-7)3-2-4-13-10-9(12)11(18)15-6-14-10/h5-6H,2-4H2,1H3,(H,16,17)(H2,13,14,15,18). The summed E-state index contributed by atoms with van der Waals surface area (Å²) in [5, 5.41) is 10.0. The third-order valence-corrected chi connectivity index (χ3v) is 3.38. The lowest BCUT2D eigenvalue weighted by Crippen LogP contribution is -2.13. The molecule has 0 amide bonds. The van der Waals surface area contributed by atoms with Crippen LogP contribution in [0, 0.1) is 6.92 Å². The fourth-order valence-corrected chi connectivity index (χ4v) is 1.98. The molecule has 2 heterocycles. The third kappa shape index (κ3) is 2.98. The van der Waals surface area contributed by atoms with Crippen LogP contribution >= 0.6 is 15.9 Å². The first-order valence-electron chi connectivity index (χ1n) is 5.64. The number of hydrogen-bond acceptors (Lipinski definition) is 4. The van der Waals surface area contributed by atoms with E-state index in [1.54, 1.807) is 0 Å². The van der Waals surface area contributed by atoms with E-state index in [2.05, 4.69) is 41.4 Å². The van der Waals surface area contributed by atoms with Crippen molar-refractivity contribution in [1.82, 2.24) is 20.2 Å². The lowest BCUT2D eigenvalue weighted by molar-refractivity contribution is 0.851. The van der Waals surface area contributed by atoms with Gasteiger partial charge in [0.15, 0.2) is 0 Å². The predicted molar refractivity (Wildman–Crippen MR) is 72.7 cm³/mol. The first-order chi connectivity index (χ1) is 8.68. The van der Waals surface area contributed by atoms with Crippen molar-refractivity contribution in [2.75, 3.05) is 11.9 Å². The highest BCUT2D eigenvalue weighted by Crippen LogP contribution is 2.13. The molecule has 0 aliphatic rings. The number of aromatic nitrogens is 4. The molecule has 0 aliphatic heterocycles. The van der Waals surface area contributed by atoms with E-state index in [4.69, 9.17) is 0 Å². The average Bonchev–Trinajstić information content (AvgIpc) is 2.76. The molecule has 2 aromatic heterocycles. The van der Waals surface area contributed by atoms with Crippen LogP contribution in [0.15, 0.2) is 21.8 Å². The van der Waals surface area contributed by atoms with Crippen LogP contribution in [0.25, 0.3) is 0 Å². The molecular formula is C11H14BrN5O. The molecule has 18 heavy (non-hydrogen) atoms. The Labute approximate surface area is 112 Å². The molecule has 0 fully saturated rings. The molecule has 0 aliphatic carbocycles. The Bertz CT molecular complexity index is 577. The molecule has 0 spiro atoms. The molecule has 3 N–H and O–H groups in total. The van der Waals surface area contributed by atoms with E-state index in [0.29, 0.717) is 10.3 Å². The topological polar surface area (TPSA) is 86.5 Å². The van der Waals surface area contributed by atoms with Crippen molar-refractivity contribution in [2.45, 2.75) is 19.8 Å². The molecule has 2 aromatic rings. The van der Waals surface area contributed by atoms with Gasteiger partial charge in [-0.15, -0.1) is 0 Å². The van der Waals surface area contributed by atoms with Gasteiger partial charge >= 0.3 is 0 Å². The normalized spacial score (nSPS) is 10.6. The molecule has 7 heteroatoms. The molecule has 0 bridgehead atoms. The van der Waals surface area contributed by atoms with Crippen LogP contribution in [-0.4, -0.2) is 26.7 Å². The van der Waals surface area contributed by atoms with Crippen LogP contribution in [0.4, 0.5) is 5.82 Å². The summed E-state index contributed by atoms with van der Waals surface area (Å²) in [5.41, 5.74) is 2.14. The number of halogens is 1. The van der Waals surface area contributed by atoms with Gasteiger partial charge in [-0.05, 0) is 41.3 Å². The zero-order chi connectivity index (χ0) is 13.0. The number of nitrogens with one attached hydrogen (secondary N) is 3. The Kier molecular flexibility index (Phi) is 4.14. The smallest absolute Gasteiger partial charge is 0.267 e. The summed E-state index contributed by atoms with van der Waals surface area (Å²) in [7, 11) is 0. The van der Waals surface area contributed by atoms with Gasteiger partial charge in [0.2, 0.25) is 0 Å². The van der Waals surface area contributed by atoms with Gasteiger partial charge in [0.1, 0.15) is 10.3 Å². The van der Waals surface area contributed by atoms with Crippen molar-refractivity contribution < 1.29 is 0 Å². The number of nitrogens with zero attached hydrogens (tertiary/aromatic N) is 2. The molecule has 0 aromatic carbocycles. The molecule has 0 atom stereocenters. The van der Waals surface area contributed by atoms with Gasteiger partial charge in [-0.25, -0.2) is 4.98 Å². The first kappa shape index (κ1) is 12.8. The summed E-state index contributed by atoms with van der Waals surface area (Å²) in [6, 6.07) is 0. The summed E-state index contributed by atoms with van der Waals surface area (Å²) in [4.78, 5) is 17.9. The molecular weight excluding hydrogens is 298 g/mol. The molecule has 2 rings (SSSR count). The highest BCUT2D eigenvalue weighted by atomic mass is 79.9. The van der Waals surface area contributed by atoms with Gasteiger partial charge in [-0.2, -0.15) is 5.10 Å². The summed E-state index contributed by atoms with van der Waals surface area (Å²) >= 11 is 3.20. The summed E-state index contributed by atoms with van der Waals surface area (Å²) in [5.74, 6) is 0.572. The SMILES string of the molecule is Cc1[nH]ncc1CCCNc1nc[nH]c(=O)c1Br. The summed E-state index contributed by atoms with van der Waals surface area (Å²) in [6.45, 7) is 2.75. The zero-order valence-electron chi connectivity index (χ0n) is 9.96. The van der Waals surface area contributed by atoms with Crippen molar-refractivity contribution in [3.8, 4) is 0 Å². The van der Waals surface area contributed by atoms with Crippen LogP contribution in [0.5, 0.6) is 0 Å². The number of anilines is 1. The van der Waals surface area contributed by atoms with Crippen molar-refractivity contribution in [1.29, 1.82) is 0 Å². The van der Waals surface area contributed by atoms with E-state index in [0.717, 1.165) is 25.1 Å². The highest BCUT2D eigenvalue weighted by molar-refractivity contribution is 9.10. The molecule has 6 nitrogen and oxygen atoms in total.